The van der Waals surface area contributed by atoms with E-state index in [1.807, 2.05) is 18.7 Å². The third-order valence-electron chi connectivity index (χ3n) is 3.11. The maximum Gasteiger partial charge on any atom is 0.147 e. The Morgan fingerprint density at radius 2 is 2.18 bits per heavy atom. The zero-order valence-corrected chi connectivity index (χ0v) is 10.6. The summed E-state index contributed by atoms with van der Waals surface area (Å²) in [7, 11) is 0. The molecule has 0 saturated carbocycles. The van der Waals surface area contributed by atoms with Crippen LogP contribution in [0.2, 0.25) is 5.02 Å². The van der Waals surface area contributed by atoms with Gasteiger partial charge in [-0.3, -0.25) is 4.39 Å². The summed E-state index contributed by atoms with van der Waals surface area (Å²) >= 11 is 6.06. The van der Waals surface area contributed by atoms with Crippen molar-refractivity contribution in [3.63, 3.8) is 0 Å². The van der Waals surface area contributed by atoms with E-state index >= 15 is 0 Å². The number of halogens is 2. The molecule has 90 valence electrons. The summed E-state index contributed by atoms with van der Waals surface area (Å²) in [5, 5.41) is 9.69. The van der Waals surface area contributed by atoms with Gasteiger partial charge in [0.2, 0.25) is 0 Å². The highest BCUT2D eigenvalue weighted by atomic mass is 35.5. The topological polar surface area (TPSA) is 39.9 Å². The molecule has 0 atom stereocenters. The molecule has 1 aromatic rings. The number of anilines is 1. The largest absolute Gasteiger partial charge is 0.355 e. The van der Waals surface area contributed by atoms with Gasteiger partial charge in [-0.15, -0.1) is 0 Å². The maximum absolute atomic E-state index is 12.4. The van der Waals surface area contributed by atoms with Crippen LogP contribution in [-0.4, -0.2) is 24.7 Å². The van der Waals surface area contributed by atoms with Crippen molar-refractivity contribution >= 4 is 17.4 Å². The highest BCUT2D eigenvalue weighted by Crippen LogP contribution is 2.32. The van der Waals surface area contributed by atoms with Crippen molar-refractivity contribution in [1.29, 1.82) is 5.26 Å². The van der Waals surface area contributed by atoms with Gasteiger partial charge in [0.25, 0.3) is 0 Å². The van der Waals surface area contributed by atoms with Crippen LogP contribution in [0.4, 0.5) is 10.2 Å². The lowest BCUT2D eigenvalue weighted by atomic mass is 10.00. The second-order valence-corrected chi connectivity index (χ2v) is 4.75. The van der Waals surface area contributed by atoms with Crippen LogP contribution < -0.4 is 4.90 Å². The summed E-state index contributed by atoms with van der Waals surface area (Å²) < 4.78 is 12.4. The van der Waals surface area contributed by atoms with Crippen LogP contribution >= 0.6 is 11.6 Å². The van der Waals surface area contributed by atoms with Crippen molar-refractivity contribution in [2.75, 3.05) is 24.7 Å². The zero-order chi connectivity index (χ0) is 12.6. The highest BCUT2D eigenvalue weighted by Gasteiger charge is 2.30. The van der Waals surface area contributed by atoms with Crippen molar-refractivity contribution in [2.24, 2.45) is 5.92 Å². The Bertz CT molecular complexity index is 490. The molecule has 1 fully saturated rings. The summed E-state index contributed by atoms with van der Waals surface area (Å²) in [5.41, 5.74) is 1.96. The van der Waals surface area contributed by atoms with Gasteiger partial charge >= 0.3 is 0 Å². The first kappa shape index (κ1) is 12.1. The standard InChI is InChI=1S/C12H13ClFN3/c1-7-10(4-15)12(16-8(2)11(7)13)17-5-9(3-14)6-17/h9H,3,5-6H2,1-2H3. The lowest BCUT2D eigenvalue weighted by Crippen LogP contribution is -2.48. The van der Waals surface area contributed by atoms with Crippen LogP contribution in [0.25, 0.3) is 0 Å². The number of hydrogen-bond acceptors (Lipinski definition) is 3. The normalized spacial score (nSPS) is 15.6. The molecule has 2 heterocycles. The van der Waals surface area contributed by atoms with E-state index in [1.54, 1.807) is 0 Å². The molecule has 0 radical (unpaired) electrons. The molecule has 2 rings (SSSR count). The summed E-state index contributed by atoms with van der Waals surface area (Å²) in [6, 6.07) is 2.13. The minimum absolute atomic E-state index is 0.0691. The van der Waals surface area contributed by atoms with E-state index in [1.165, 1.54) is 0 Å². The van der Waals surface area contributed by atoms with Crippen molar-refractivity contribution in [3.8, 4) is 6.07 Å². The molecule has 17 heavy (non-hydrogen) atoms. The SMILES string of the molecule is Cc1nc(N2CC(CF)C2)c(C#N)c(C)c1Cl. The molecule has 0 spiro atoms. The minimum Gasteiger partial charge on any atom is -0.355 e. The molecule has 0 aromatic carbocycles. The minimum atomic E-state index is -0.316. The number of alkyl halides is 1. The van der Waals surface area contributed by atoms with E-state index in [0.29, 0.717) is 35.2 Å². The van der Waals surface area contributed by atoms with E-state index in [9.17, 15) is 4.39 Å². The van der Waals surface area contributed by atoms with Gasteiger partial charge in [0, 0.05) is 19.0 Å². The van der Waals surface area contributed by atoms with Crippen molar-refractivity contribution in [1.82, 2.24) is 4.98 Å². The summed E-state index contributed by atoms with van der Waals surface area (Å²) in [6.07, 6.45) is 0. The number of nitrogens with zero attached hydrogens (tertiary/aromatic N) is 3. The van der Waals surface area contributed by atoms with Crippen molar-refractivity contribution < 1.29 is 4.39 Å². The van der Waals surface area contributed by atoms with Crippen LogP contribution in [0.3, 0.4) is 0 Å². The van der Waals surface area contributed by atoms with Gasteiger partial charge in [-0.1, -0.05) is 11.6 Å². The number of pyridine rings is 1. The van der Waals surface area contributed by atoms with Gasteiger partial charge in [0.05, 0.1) is 23.0 Å². The fourth-order valence-corrected chi connectivity index (χ4v) is 2.15. The smallest absolute Gasteiger partial charge is 0.147 e. The molecule has 3 nitrogen and oxygen atoms in total. The highest BCUT2D eigenvalue weighted by molar-refractivity contribution is 6.32. The first-order chi connectivity index (χ1) is 8.08. The molecular weight excluding hydrogens is 241 g/mol. The van der Waals surface area contributed by atoms with Crippen molar-refractivity contribution in [3.05, 3.63) is 21.8 Å². The first-order valence-electron chi connectivity index (χ1n) is 5.46. The fraction of sp³-hybridized carbons (Fsp3) is 0.500. The van der Waals surface area contributed by atoms with Gasteiger partial charge in [-0.25, -0.2) is 4.98 Å². The quantitative estimate of drug-likeness (QED) is 0.814. The molecular formula is C12H13ClFN3. The van der Waals surface area contributed by atoms with Crippen LogP contribution in [0, 0.1) is 31.1 Å². The predicted molar refractivity (Wildman–Crippen MR) is 65.1 cm³/mol. The van der Waals surface area contributed by atoms with Gasteiger partial charge in [-0.2, -0.15) is 5.26 Å². The molecule has 1 saturated heterocycles. The number of aryl methyl sites for hydroxylation is 1. The Balaban J connectivity index is 2.38. The molecule has 1 aliphatic rings. The number of hydrogen-bond donors (Lipinski definition) is 0. The Hall–Kier alpha value is -1.34. The molecule has 0 bridgehead atoms. The molecule has 1 aromatic heterocycles. The molecule has 0 aliphatic carbocycles. The average molecular weight is 254 g/mol. The Morgan fingerprint density at radius 3 is 2.71 bits per heavy atom. The zero-order valence-electron chi connectivity index (χ0n) is 9.80. The number of nitriles is 1. The lowest BCUT2D eigenvalue weighted by molar-refractivity contribution is 0.304. The van der Waals surface area contributed by atoms with Gasteiger partial charge in [0.1, 0.15) is 11.9 Å². The van der Waals surface area contributed by atoms with Crippen LogP contribution in [-0.2, 0) is 0 Å². The third kappa shape index (κ3) is 1.96. The van der Waals surface area contributed by atoms with Gasteiger partial charge in [0.15, 0.2) is 0 Å². The predicted octanol–water partition coefficient (Wildman–Crippen LogP) is 2.63. The van der Waals surface area contributed by atoms with E-state index < -0.39 is 0 Å². The molecule has 0 unspecified atom stereocenters. The number of aromatic nitrogens is 1. The fourth-order valence-electron chi connectivity index (χ4n) is 2.02. The first-order valence-corrected chi connectivity index (χ1v) is 5.84. The number of rotatable bonds is 2. The third-order valence-corrected chi connectivity index (χ3v) is 3.66. The lowest BCUT2D eigenvalue weighted by Gasteiger charge is -2.39. The maximum atomic E-state index is 12.4. The monoisotopic (exact) mass is 253 g/mol. The van der Waals surface area contributed by atoms with Crippen LogP contribution in [0.15, 0.2) is 0 Å². The van der Waals surface area contributed by atoms with E-state index in [2.05, 4.69) is 11.1 Å². The molecule has 1 aliphatic heterocycles. The van der Waals surface area contributed by atoms with E-state index in [-0.39, 0.29) is 12.6 Å². The summed E-state index contributed by atoms with van der Waals surface area (Å²) in [6.45, 7) is 4.55. The second kappa shape index (κ2) is 4.50. The van der Waals surface area contributed by atoms with Crippen LogP contribution in [0.1, 0.15) is 16.8 Å². The second-order valence-electron chi connectivity index (χ2n) is 4.37. The van der Waals surface area contributed by atoms with E-state index in [0.717, 1.165) is 5.56 Å². The van der Waals surface area contributed by atoms with Crippen molar-refractivity contribution in [2.45, 2.75) is 13.8 Å². The summed E-state index contributed by atoms with van der Waals surface area (Å²) in [4.78, 5) is 6.27. The van der Waals surface area contributed by atoms with Gasteiger partial charge in [-0.05, 0) is 19.4 Å². The molecule has 5 heteroatoms. The van der Waals surface area contributed by atoms with E-state index in [4.69, 9.17) is 16.9 Å². The Morgan fingerprint density at radius 1 is 1.53 bits per heavy atom. The molecule has 0 N–H and O–H groups in total. The summed E-state index contributed by atoms with van der Waals surface area (Å²) in [5.74, 6) is 0.705. The Kier molecular flexibility index (Phi) is 3.21. The molecule has 0 amide bonds. The van der Waals surface area contributed by atoms with Gasteiger partial charge < -0.3 is 4.90 Å². The van der Waals surface area contributed by atoms with Crippen LogP contribution in [0.5, 0.6) is 0 Å². The average Bonchev–Trinajstić information content (AvgIpc) is 2.25. The Labute approximate surface area is 105 Å².